The molecule has 5 nitrogen and oxygen atoms in total. The van der Waals surface area contributed by atoms with Crippen LogP contribution in [-0.4, -0.2) is 24.2 Å². The molecule has 2 aromatic carbocycles. The van der Waals surface area contributed by atoms with E-state index < -0.39 is 0 Å². The van der Waals surface area contributed by atoms with Crippen molar-refractivity contribution in [1.82, 2.24) is 9.97 Å². The van der Waals surface area contributed by atoms with Crippen molar-refractivity contribution < 1.29 is 9.47 Å². The Hall–Kier alpha value is -2.69. The average molecular weight is 269 g/mol. The summed E-state index contributed by atoms with van der Waals surface area (Å²) in [6.45, 7) is 0. The van der Waals surface area contributed by atoms with Gasteiger partial charge >= 0.3 is 0 Å². The molecule has 2 N–H and O–H groups in total. The molecule has 0 aliphatic rings. The van der Waals surface area contributed by atoms with E-state index in [1.165, 1.54) is 0 Å². The summed E-state index contributed by atoms with van der Waals surface area (Å²) in [5.74, 6) is 2.06. The number of aromatic nitrogens is 2. The maximum atomic E-state index is 5.28. The van der Waals surface area contributed by atoms with Crippen LogP contribution in [-0.2, 0) is 0 Å². The fourth-order valence-corrected chi connectivity index (χ4v) is 2.06. The molecule has 0 amide bonds. The number of nitrogens with one attached hydrogen (secondary N) is 2. The van der Waals surface area contributed by atoms with Crippen molar-refractivity contribution in [1.29, 1.82) is 0 Å². The number of H-pyrrole nitrogens is 1. The number of benzene rings is 2. The van der Waals surface area contributed by atoms with E-state index in [0.717, 1.165) is 16.7 Å². The Labute approximate surface area is 116 Å². The van der Waals surface area contributed by atoms with Crippen molar-refractivity contribution in [3.63, 3.8) is 0 Å². The summed E-state index contributed by atoms with van der Waals surface area (Å²) in [4.78, 5) is 7.68. The topological polar surface area (TPSA) is 59.2 Å². The smallest absolute Gasteiger partial charge is 0.205 e. The number of nitrogens with zero attached hydrogens (tertiary/aromatic N) is 1. The SMILES string of the molecule is COc1ccc(Nc2nc3ccccc3[nH]2)cc1OC. The highest BCUT2D eigenvalue weighted by Gasteiger charge is 2.06. The number of hydrogen-bond acceptors (Lipinski definition) is 4. The van der Waals surface area contributed by atoms with Gasteiger partial charge < -0.3 is 19.8 Å². The quantitative estimate of drug-likeness (QED) is 0.762. The third kappa shape index (κ3) is 2.25. The Morgan fingerprint density at radius 1 is 1.00 bits per heavy atom. The average Bonchev–Trinajstić information content (AvgIpc) is 2.89. The van der Waals surface area contributed by atoms with Crippen LogP contribution >= 0.6 is 0 Å². The molecule has 5 heteroatoms. The first-order valence-electron chi connectivity index (χ1n) is 6.24. The second kappa shape index (κ2) is 5.13. The predicted molar refractivity (Wildman–Crippen MR) is 78.9 cm³/mol. The fraction of sp³-hybridized carbons (Fsp3) is 0.133. The van der Waals surface area contributed by atoms with Crippen LogP contribution in [0.25, 0.3) is 11.0 Å². The molecule has 3 aromatic rings. The van der Waals surface area contributed by atoms with Crippen LogP contribution in [0, 0.1) is 0 Å². The summed E-state index contributed by atoms with van der Waals surface area (Å²) in [7, 11) is 3.23. The van der Waals surface area contributed by atoms with E-state index in [9.17, 15) is 0 Å². The number of rotatable bonds is 4. The molecule has 20 heavy (non-hydrogen) atoms. The molecule has 1 aromatic heterocycles. The lowest BCUT2D eigenvalue weighted by Crippen LogP contribution is -1.95. The van der Waals surface area contributed by atoms with E-state index in [2.05, 4.69) is 15.3 Å². The Morgan fingerprint density at radius 2 is 1.80 bits per heavy atom. The molecule has 102 valence electrons. The van der Waals surface area contributed by atoms with Gasteiger partial charge in [0, 0.05) is 11.8 Å². The van der Waals surface area contributed by atoms with Crippen LogP contribution < -0.4 is 14.8 Å². The first-order valence-corrected chi connectivity index (χ1v) is 6.24. The zero-order valence-corrected chi connectivity index (χ0v) is 11.3. The van der Waals surface area contributed by atoms with E-state index in [1.54, 1.807) is 14.2 Å². The van der Waals surface area contributed by atoms with Gasteiger partial charge in [-0.2, -0.15) is 0 Å². The number of anilines is 2. The minimum Gasteiger partial charge on any atom is -0.493 e. The number of hydrogen-bond donors (Lipinski definition) is 2. The molecule has 0 saturated carbocycles. The van der Waals surface area contributed by atoms with Crippen molar-refractivity contribution in [2.75, 3.05) is 19.5 Å². The lowest BCUT2D eigenvalue weighted by atomic mass is 10.3. The number of imidazole rings is 1. The Balaban J connectivity index is 1.90. The minimum absolute atomic E-state index is 0.675. The molecule has 0 bridgehead atoms. The standard InChI is InChI=1S/C15H15N3O2/c1-19-13-8-7-10(9-14(13)20-2)16-15-17-11-5-3-4-6-12(11)18-15/h3-9H,1-2H3,(H2,16,17,18). The number of methoxy groups -OCH3 is 2. The minimum atomic E-state index is 0.675. The van der Waals surface area contributed by atoms with E-state index in [-0.39, 0.29) is 0 Å². The van der Waals surface area contributed by atoms with Gasteiger partial charge in [0.2, 0.25) is 5.95 Å². The zero-order valence-electron chi connectivity index (χ0n) is 11.3. The van der Waals surface area contributed by atoms with E-state index in [0.29, 0.717) is 17.4 Å². The van der Waals surface area contributed by atoms with Crippen molar-refractivity contribution in [2.45, 2.75) is 0 Å². The number of ether oxygens (including phenoxy) is 2. The maximum Gasteiger partial charge on any atom is 0.205 e. The van der Waals surface area contributed by atoms with E-state index in [4.69, 9.17) is 9.47 Å². The molecule has 0 spiro atoms. The molecule has 3 rings (SSSR count). The van der Waals surface area contributed by atoms with E-state index >= 15 is 0 Å². The summed E-state index contributed by atoms with van der Waals surface area (Å²) < 4.78 is 10.5. The Kier molecular flexibility index (Phi) is 3.16. The van der Waals surface area contributed by atoms with Crippen LogP contribution in [0.4, 0.5) is 11.6 Å². The van der Waals surface area contributed by atoms with Crippen LogP contribution in [0.15, 0.2) is 42.5 Å². The van der Waals surface area contributed by atoms with Crippen molar-refractivity contribution in [3.8, 4) is 11.5 Å². The highest BCUT2D eigenvalue weighted by atomic mass is 16.5. The summed E-state index contributed by atoms with van der Waals surface area (Å²) in [5, 5.41) is 3.22. The second-order valence-corrected chi connectivity index (χ2v) is 4.30. The monoisotopic (exact) mass is 269 g/mol. The highest BCUT2D eigenvalue weighted by Crippen LogP contribution is 2.30. The molecule has 0 atom stereocenters. The van der Waals surface area contributed by atoms with Crippen molar-refractivity contribution >= 4 is 22.7 Å². The zero-order chi connectivity index (χ0) is 13.9. The fourth-order valence-electron chi connectivity index (χ4n) is 2.06. The van der Waals surface area contributed by atoms with Crippen LogP contribution in [0.3, 0.4) is 0 Å². The van der Waals surface area contributed by atoms with Gasteiger partial charge in [-0.1, -0.05) is 12.1 Å². The third-order valence-corrected chi connectivity index (χ3v) is 3.04. The lowest BCUT2D eigenvalue weighted by molar-refractivity contribution is 0.355. The predicted octanol–water partition coefficient (Wildman–Crippen LogP) is 3.32. The van der Waals surface area contributed by atoms with Gasteiger partial charge in [-0.15, -0.1) is 0 Å². The summed E-state index contributed by atoms with van der Waals surface area (Å²) in [6.07, 6.45) is 0. The van der Waals surface area contributed by atoms with Crippen molar-refractivity contribution in [2.24, 2.45) is 0 Å². The number of para-hydroxylation sites is 2. The summed E-state index contributed by atoms with van der Waals surface area (Å²) in [5.41, 5.74) is 2.80. The van der Waals surface area contributed by atoms with Gasteiger partial charge in [0.05, 0.1) is 25.3 Å². The Morgan fingerprint density at radius 3 is 2.55 bits per heavy atom. The molecule has 0 aliphatic carbocycles. The molecule has 0 saturated heterocycles. The van der Waals surface area contributed by atoms with Crippen LogP contribution in [0.2, 0.25) is 0 Å². The number of fused-ring (bicyclic) bond motifs is 1. The molecule has 0 aliphatic heterocycles. The van der Waals surface area contributed by atoms with Gasteiger partial charge in [0.15, 0.2) is 11.5 Å². The van der Waals surface area contributed by atoms with Gasteiger partial charge in [0.1, 0.15) is 0 Å². The summed E-state index contributed by atoms with van der Waals surface area (Å²) in [6, 6.07) is 13.5. The van der Waals surface area contributed by atoms with Crippen molar-refractivity contribution in [3.05, 3.63) is 42.5 Å². The molecular formula is C15H15N3O2. The molecular weight excluding hydrogens is 254 g/mol. The molecule has 0 unspecified atom stereocenters. The van der Waals surface area contributed by atoms with Crippen LogP contribution in [0.5, 0.6) is 11.5 Å². The van der Waals surface area contributed by atoms with E-state index in [1.807, 2.05) is 42.5 Å². The first kappa shape index (κ1) is 12.3. The molecule has 0 radical (unpaired) electrons. The van der Waals surface area contributed by atoms with Gasteiger partial charge in [-0.3, -0.25) is 0 Å². The molecule has 0 fully saturated rings. The third-order valence-electron chi connectivity index (χ3n) is 3.04. The van der Waals surface area contributed by atoms with Crippen LogP contribution in [0.1, 0.15) is 0 Å². The number of aromatic amines is 1. The summed E-state index contributed by atoms with van der Waals surface area (Å²) >= 11 is 0. The Bertz CT molecular complexity index is 704. The molecule has 1 heterocycles. The first-order chi connectivity index (χ1) is 9.80. The van der Waals surface area contributed by atoms with Gasteiger partial charge in [-0.05, 0) is 24.3 Å². The normalized spacial score (nSPS) is 10.5. The van der Waals surface area contributed by atoms with Gasteiger partial charge in [0.25, 0.3) is 0 Å². The second-order valence-electron chi connectivity index (χ2n) is 4.30. The maximum absolute atomic E-state index is 5.28. The largest absolute Gasteiger partial charge is 0.493 e. The lowest BCUT2D eigenvalue weighted by Gasteiger charge is -2.09. The van der Waals surface area contributed by atoms with Gasteiger partial charge in [-0.25, -0.2) is 4.98 Å². The highest BCUT2D eigenvalue weighted by molar-refractivity contribution is 5.78.